The maximum atomic E-state index is 6.30. The van der Waals surface area contributed by atoms with E-state index in [0.717, 1.165) is 30.3 Å². The van der Waals surface area contributed by atoms with Gasteiger partial charge in [0.1, 0.15) is 0 Å². The van der Waals surface area contributed by atoms with E-state index in [9.17, 15) is 0 Å². The van der Waals surface area contributed by atoms with Gasteiger partial charge in [-0.25, -0.2) is 0 Å². The van der Waals surface area contributed by atoms with Crippen LogP contribution < -0.4 is 15.2 Å². The van der Waals surface area contributed by atoms with E-state index < -0.39 is 0 Å². The molecule has 1 saturated carbocycles. The highest BCUT2D eigenvalue weighted by atomic mass is 35.5. The minimum absolute atomic E-state index is 0.183. The summed E-state index contributed by atoms with van der Waals surface area (Å²) in [6.45, 7) is 5.12. The zero-order valence-electron chi connectivity index (χ0n) is 12.5. The van der Waals surface area contributed by atoms with Gasteiger partial charge in [-0.3, -0.25) is 4.90 Å². The van der Waals surface area contributed by atoms with E-state index in [4.69, 9.17) is 26.8 Å². The molecule has 1 atom stereocenters. The quantitative estimate of drug-likeness (QED) is 0.876. The summed E-state index contributed by atoms with van der Waals surface area (Å²) in [5, 5.41) is 0.609. The lowest BCUT2D eigenvalue weighted by Gasteiger charge is -2.36. The Labute approximate surface area is 131 Å². The van der Waals surface area contributed by atoms with Crippen molar-refractivity contribution in [3.63, 3.8) is 0 Å². The molecule has 21 heavy (non-hydrogen) atoms. The first-order chi connectivity index (χ1) is 10.2. The van der Waals surface area contributed by atoms with Gasteiger partial charge in [0.15, 0.2) is 11.5 Å². The molecule has 1 aliphatic heterocycles. The van der Waals surface area contributed by atoms with Crippen molar-refractivity contribution in [3.8, 4) is 11.5 Å². The van der Waals surface area contributed by atoms with Crippen LogP contribution in [0.1, 0.15) is 37.8 Å². The van der Waals surface area contributed by atoms with Crippen LogP contribution in [0.25, 0.3) is 0 Å². The van der Waals surface area contributed by atoms with Gasteiger partial charge in [-0.1, -0.05) is 24.9 Å². The van der Waals surface area contributed by atoms with E-state index in [1.165, 1.54) is 19.3 Å². The summed E-state index contributed by atoms with van der Waals surface area (Å²) < 4.78 is 10.9. The Kier molecular flexibility index (Phi) is 4.57. The molecule has 0 radical (unpaired) electrons. The van der Waals surface area contributed by atoms with Gasteiger partial charge in [0.2, 0.25) is 6.79 Å². The number of halogens is 1. The Morgan fingerprint density at radius 2 is 2.19 bits per heavy atom. The minimum Gasteiger partial charge on any atom is -0.454 e. The fourth-order valence-corrected chi connectivity index (χ4v) is 3.43. The molecule has 2 N–H and O–H groups in total. The van der Waals surface area contributed by atoms with Crippen LogP contribution in [-0.2, 0) is 0 Å². The minimum atomic E-state index is 0.183. The molecule has 0 spiro atoms. The molecular formula is C16H23ClN2O2. The van der Waals surface area contributed by atoms with E-state index in [-0.39, 0.29) is 12.8 Å². The fourth-order valence-electron chi connectivity index (χ4n) is 3.16. The van der Waals surface area contributed by atoms with Gasteiger partial charge in [0, 0.05) is 19.1 Å². The highest BCUT2D eigenvalue weighted by molar-refractivity contribution is 6.32. The molecule has 1 fully saturated rings. The van der Waals surface area contributed by atoms with E-state index in [2.05, 4.69) is 11.8 Å². The Hall–Kier alpha value is -0.970. The first kappa shape index (κ1) is 14.9. The maximum absolute atomic E-state index is 6.30. The molecule has 1 aliphatic carbocycles. The number of fused-ring (bicyclic) bond motifs is 1. The topological polar surface area (TPSA) is 47.7 Å². The van der Waals surface area contributed by atoms with Crippen LogP contribution in [0.2, 0.25) is 5.02 Å². The SMILES string of the molecule is CCN(CC1CCC1)C(CN)c1cc(Cl)c2c(c1)OCO2. The largest absolute Gasteiger partial charge is 0.454 e. The highest BCUT2D eigenvalue weighted by Gasteiger charge is 2.27. The fraction of sp³-hybridized carbons (Fsp3) is 0.625. The van der Waals surface area contributed by atoms with Crippen molar-refractivity contribution in [1.82, 2.24) is 4.90 Å². The Morgan fingerprint density at radius 3 is 2.81 bits per heavy atom. The second kappa shape index (κ2) is 6.42. The molecule has 0 amide bonds. The monoisotopic (exact) mass is 310 g/mol. The number of hydrogen-bond acceptors (Lipinski definition) is 4. The third kappa shape index (κ3) is 2.98. The van der Waals surface area contributed by atoms with Crippen LogP contribution in [0.3, 0.4) is 0 Å². The lowest BCUT2D eigenvalue weighted by atomic mass is 9.84. The van der Waals surface area contributed by atoms with Gasteiger partial charge in [-0.2, -0.15) is 0 Å². The van der Waals surface area contributed by atoms with E-state index in [1.807, 2.05) is 12.1 Å². The third-order valence-corrected chi connectivity index (χ3v) is 4.90. The molecule has 1 heterocycles. The van der Waals surface area contributed by atoms with Crippen molar-refractivity contribution >= 4 is 11.6 Å². The van der Waals surface area contributed by atoms with Crippen molar-refractivity contribution < 1.29 is 9.47 Å². The highest BCUT2D eigenvalue weighted by Crippen LogP contribution is 2.42. The summed E-state index contributed by atoms with van der Waals surface area (Å²) >= 11 is 6.30. The zero-order chi connectivity index (χ0) is 14.8. The van der Waals surface area contributed by atoms with Crippen LogP contribution in [0.5, 0.6) is 11.5 Å². The lowest BCUT2D eigenvalue weighted by molar-refractivity contribution is 0.141. The predicted octanol–water partition coefficient (Wildman–Crippen LogP) is 3.19. The third-order valence-electron chi connectivity index (χ3n) is 4.62. The van der Waals surface area contributed by atoms with E-state index >= 15 is 0 Å². The first-order valence-electron chi connectivity index (χ1n) is 7.76. The van der Waals surface area contributed by atoms with Crippen LogP contribution >= 0.6 is 11.6 Å². The summed E-state index contributed by atoms with van der Waals surface area (Å²) in [6.07, 6.45) is 4.05. The normalized spacial score (nSPS) is 18.9. The molecule has 1 aromatic rings. The Bertz CT molecular complexity index is 505. The molecule has 0 bridgehead atoms. The van der Waals surface area contributed by atoms with Crippen LogP contribution in [0, 0.1) is 5.92 Å². The molecule has 3 rings (SSSR count). The first-order valence-corrected chi connectivity index (χ1v) is 8.13. The number of hydrogen-bond donors (Lipinski definition) is 1. The zero-order valence-corrected chi connectivity index (χ0v) is 13.2. The predicted molar refractivity (Wildman–Crippen MR) is 84.0 cm³/mol. The number of likely N-dealkylation sites (N-methyl/N-ethyl adjacent to an activating group) is 1. The van der Waals surface area contributed by atoms with Crippen molar-refractivity contribution in [2.24, 2.45) is 11.7 Å². The average molecular weight is 311 g/mol. The Morgan fingerprint density at radius 1 is 1.38 bits per heavy atom. The van der Waals surface area contributed by atoms with E-state index in [1.54, 1.807) is 0 Å². The second-order valence-corrected chi connectivity index (χ2v) is 6.28. The smallest absolute Gasteiger partial charge is 0.231 e. The van der Waals surface area contributed by atoms with Gasteiger partial charge in [-0.05, 0) is 43.0 Å². The van der Waals surface area contributed by atoms with Crippen molar-refractivity contribution in [2.75, 3.05) is 26.4 Å². The molecule has 5 heteroatoms. The van der Waals surface area contributed by atoms with Gasteiger partial charge in [0.25, 0.3) is 0 Å². The van der Waals surface area contributed by atoms with Crippen molar-refractivity contribution in [2.45, 2.75) is 32.2 Å². The Balaban J connectivity index is 1.82. The van der Waals surface area contributed by atoms with Crippen LogP contribution in [0.4, 0.5) is 0 Å². The molecule has 1 unspecified atom stereocenters. The number of ether oxygens (including phenoxy) is 2. The summed E-state index contributed by atoms with van der Waals surface area (Å²) in [4.78, 5) is 2.46. The number of rotatable bonds is 6. The van der Waals surface area contributed by atoms with Crippen molar-refractivity contribution in [3.05, 3.63) is 22.7 Å². The molecular weight excluding hydrogens is 288 g/mol. The average Bonchev–Trinajstić information content (AvgIpc) is 2.90. The van der Waals surface area contributed by atoms with Crippen molar-refractivity contribution in [1.29, 1.82) is 0 Å². The maximum Gasteiger partial charge on any atom is 0.231 e. The van der Waals surface area contributed by atoms with Gasteiger partial charge in [0.05, 0.1) is 5.02 Å². The molecule has 0 saturated heterocycles. The molecule has 116 valence electrons. The lowest BCUT2D eigenvalue weighted by Crippen LogP contribution is -2.38. The molecule has 4 nitrogen and oxygen atoms in total. The van der Waals surface area contributed by atoms with Gasteiger partial charge in [-0.15, -0.1) is 0 Å². The second-order valence-electron chi connectivity index (χ2n) is 5.87. The standard InChI is InChI=1S/C16H23ClN2O2/c1-2-19(9-11-4-3-5-11)14(8-18)12-6-13(17)16-15(7-12)20-10-21-16/h6-7,11,14H,2-5,8-10,18H2,1H3. The van der Waals surface area contributed by atoms with Crippen LogP contribution in [0.15, 0.2) is 12.1 Å². The summed E-state index contributed by atoms with van der Waals surface area (Å²) in [5.74, 6) is 2.21. The number of nitrogens with zero attached hydrogens (tertiary/aromatic N) is 1. The van der Waals surface area contributed by atoms with E-state index in [0.29, 0.717) is 17.3 Å². The summed E-state index contributed by atoms with van der Waals surface area (Å²) in [5.41, 5.74) is 7.17. The van der Waals surface area contributed by atoms with Crippen LogP contribution in [-0.4, -0.2) is 31.3 Å². The summed E-state index contributed by atoms with van der Waals surface area (Å²) in [6, 6.07) is 4.17. The number of nitrogens with two attached hydrogens (primary N) is 1. The molecule has 1 aromatic carbocycles. The number of benzene rings is 1. The molecule has 2 aliphatic rings. The van der Waals surface area contributed by atoms with Gasteiger partial charge >= 0.3 is 0 Å². The summed E-state index contributed by atoms with van der Waals surface area (Å²) in [7, 11) is 0. The van der Waals surface area contributed by atoms with Gasteiger partial charge < -0.3 is 15.2 Å². The molecule has 0 aromatic heterocycles.